The summed E-state index contributed by atoms with van der Waals surface area (Å²) in [5.74, 6) is -1.38. The standard InChI is InChI=1S/C26H32F3N3O6S/c1-25(2,3)20-14-32(12-16-6-5-10-36-16)23(39-20)30-22(33)21-18(26(27,28)29)7-4-8-19(21)38-15-17-13-31(24(34)35)9-11-37-17/h4,7-8,14,16-17H,5-6,9-13,15H2,1-3H3,(H,34,35)/t16-,17+/m1/s1. The Morgan fingerprint density at radius 3 is 2.56 bits per heavy atom. The normalized spacial score (nSPS) is 20.9. The van der Waals surface area contributed by atoms with Crippen LogP contribution in [0.15, 0.2) is 29.4 Å². The van der Waals surface area contributed by atoms with E-state index >= 15 is 0 Å². The number of halogens is 3. The third-order valence-corrected chi connectivity index (χ3v) is 7.91. The van der Waals surface area contributed by atoms with Crippen molar-refractivity contribution in [2.75, 3.05) is 32.9 Å². The van der Waals surface area contributed by atoms with E-state index in [1.54, 1.807) is 4.57 Å². The SMILES string of the molecule is CC(C)(C)c1cn(C[C@H]2CCCO2)c(=NC(=O)c2c(OC[C@@H]3CN(C(=O)O)CCO3)cccc2C(F)(F)F)s1. The Kier molecular flexibility index (Phi) is 8.72. The van der Waals surface area contributed by atoms with E-state index in [0.29, 0.717) is 13.2 Å². The monoisotopic (exact) mass is 571 g/mol. The second-order valence-corrected chi connectivity index (χ2v) is 11.6. The molecule has 1 aromatic heterocycles. The van der Waals surface area contributed by atoms with Crippen molar-refractivity contribution in [3.63, 3.8) is 0 Å². The molecule has 0 bridgehead atoms. The van der Waals surface area contributed by atoms with Crippen LogP contribution in [0.1, 0.15) is 54.4 Å². The number of aromatic nitrogens is 1. The molecule has 3 heterocycles. The summed E-state index contributed by atoms with van der Waals surface area (Å²) in [5.41, 5.74) is -2.13. The minimum atomic E-state index is -4.83. The molecule has 0 radical (unpaired) electrons. The molecule has 4 rings (SSSR count). The summed E-state index contributed by atoms with van der Waals surface area (Å²) in [6.07, 6.45) is -3.09. The summed E-state index contributed by atoms with van der Waals surface area (Å²) in [7, 11) is 0. The summed E-state index contributed by atoms with van der Waals surface area (Å²) in [4.78, 5) is 31.2. The lowest BCUT2D eigenvalue weighted by atomic mass is 9.95. The van der Waals surface area contributed by atoms with Crippen molar-refractivity contribution >= 4 is 23.3 Å². The number of morpholine rings is 1. The second kappa shape index (κ2) is 11.7. The van der Waals surface area contributed by atoms with Gasteiger partial charge in [-0.1, -0.05) is 26.8 Å². The van der Waals surface area contributed by atoms with Crippen molar-refractivity contribution < 1.29 is 42.1 Å². The number of thiazole rings is 1. The smallest absolute Gasteiger partial charge is 0.417 e. The van der Waals surface area contributed by atoms with E-state index in [-0.39, 0.29) is 48.4 Å². The maximum Gasteiger partial charge on any atom is 0.417 e. The molecule has 214 valence electrons. The van der Waals surface area contributed by atoms with Gasteiger partial charge in [0, 0.05) is 24.2 Å². The van der Waals surface area contributed by atoms with Crippen molar-refractivity contribution in [2.24, 2.45) is 4.99 Å². The van der Waals surface area contributed by atoms with Crippen molar-refractivity contribution in [3.8, 4) is 5.75 Å². The van der Waals surface area contributed by atoms with Gasteiger partial charge in [-0.2, -0.15) is 18.2 Å². The van der Waals surface area contributed by atoms with Gasteiger partial charge in [0.1, 0.15) is 18.5 Å². The predicted octanol–water partition coefficient (Wildman–Crippen LogP) is 4.54. The highest BCUT2D eigenvalue weighted by Crippen LogP contribution is 2.37. The minimum absolute atomic E-state index is 0.00401. The maximum absolute atomic E-state index is 14.0. The van der Waals surface area contributed by atoms with Crippen LogP contribution in [-0.4, -0.2) is 71.7 Å². The van der Waals surface area contributed by atoms with Crippen LogP contribution < -0.4 is 9.54 Å². The Morgan fingerprint density at radius 2 is 1.92 bits per heavy atom. The Hall–Kier alpha value is -2.90. The van der Waals surface area contributed by atoms with Gasteiger partial charge in [-0.3, -0.25) is 4.79 Å². The second-order valence-electron chi connectivity index (χ2n) is 10.5. The third kappa shape index (κ3) is 7.20. The fourth-order valence-electron chi connectivity index (χ4n) is 4.38. The fourth-order valence-corrected chi connectivity index (χ4v) is 5.44. The van der Waals surface area contributed by atoms with Crippen LogP contribution in [0.5, 0.6) is 5.75 Å². The summed E-state index contributed by atoms with van der Waals surface area (Å²) >= 11 is 1.25. The van der Waals surface area contributed by atoms with Gasteiger partial charge in [0.25, 0.3) is 5.91 Å². The van der Waals surface area contributed by atoms with Gasteiger partial charge in [-0.05, 0) is 30.4 Å². The first-order valence-electron chi connectivity index (χ1n) is 12.7. The van der Waals surface area contributed by atoms with Gasteiger partial charge >= 0.3 is 12.3 Å². The molecule has 2 aliphatic rings. The summed E-state index contributed by atoms with van der Waals surface area (Å²) in [6, 6.07) is 3.24. The van der Waals surface area contributed by atoms with E-state index < -0.39 is 35.4 Å². The average molecular weight is 572 g/mol. The fraction of sp³-hybridized carbons (Fsp3) is 0.577. The molecule has 13 heteroatoms. The van der Waals surface area contributed by atoms with Crippen LogP contribution in [0.4, 0.5) is 18.0 Å². The molecule has 2 fully saturated rings. The third-order valence-electron chi connectivity index (χ3n) is 6.46. The highest BCUT2D eigenvalue weighted by atomic mass is 32.1. The largest absolute Gasteiger partial charge is 0.490 e. The Morgan fingerprint density at radius 1 is 1.18 bits per heavy atom. The zero-order valence-electron chi connectivity index (χ0n) is 22.0. The zero-order chi connectivity index (χ0) is 28.4. The molecule has 2 amide bonds. The van der Waals surface area contributed by atoms with Gasteiger partial charge < -0.3 is 28.8 Å². The Labute approximate surface area is 227 Å². The number of ether oxygens (including phenoxy) is 3. The first kappa shape index (κ1) is 29.1. The number of nitrogens with zero attached hydrogens (tertiary/aromatic N) is 3. The zero-order valence-corrected chi connectivity index (χ0v) is 22.8. The van der Waals surface area contributed by atoms with Gasteiger partial charge in [0.2, 0.25) is 0 Å². The Balaban J connectivity index is 1.68. The lowest BCUT2D eigenvalue weighted by Gasteiger charge is -2.31. The van der Waals surface area contributed by atoms with E-state index in [2.05, 4.69) is 4.99 Å². The summed E-state index contributed by atoms with van der Waals surface area (Å²) in [5, 5.41) is 9.23. The average Bonchev–Trinajstić information content (AvgIpc) is 3.52. The highest BCUT2D eigenvalue weighted by molar-refractivity contribution is 7.09. The van der Waals surface area contributed by atoms with Crippen LogP contribution >= 0.6 is 11.3 Å². The van der Waals surface area contributed by atoms with Gasteiger partial charge in [0.15, 0.2) is 4.80 Å². The number of alkyl halides is 3. The quantitative estimate of drug-likeness (QED) is 0.546. The lowest BCUT2D eigenvalue weighted by molar-refractivity contribution is -0.138. The minimum Gasteiger partial charge on any atom is -0.490 e. The number of carbonyl (C=O) groups excluding carboxylic acids is 1. The number of hydrogen-bond acceptors (Lipinski definition) is 6. The highest BCUT2D eigenvalue weighted by Gasteiger charge is 2.37. The van der Waals surface area contributed by atoms with Crippen LogP contribution in [0, 0.1) is 0 Å². The van der Waals surface area contributed by atoms with Crippen molar-refractivity contribution in [1.29, 1.82) is 0 Å². The molecule has 1 N–H and O–H groups in total. The molecule has 1 aromatic carbocycles. The molecule has 39 heavy (non-hydrogen) atoms. The van der Waals surface area contributed by atoms with Crippen LogP contribution in [0.2, 0.25) is 0 Å². The molecule has 0 aliphatic carbocycles. The van der Waals surface area contributed by atoms with E-state index in [1.807, 2.05) is 27.0 Å². The molecule has 0 spiro atoms. The van der Waals surface area contributed by atoms with Gasteiger partial charge in [-0.25, -0.2) is 4.79 Å². The van der Waals surface area contributed by atoms with E-state index in [1.165, 1.54) is 17.4 Å². The molecule has 9 nitrogen and oxygen atoms in total. The van der Waals surface area contributed by atoms with Crippen molar-refractivity contribution in [3.05, 3.63) is 45.2 Å². The summed E-state index contributed by atoms with van der Waals surface area (Å²) < 4.78 is 60.7. The molecule has 2 aliphatic heterocycles. The van der Waals surface area contributed by atoms with Crippen molar-refractivity contribution in [2.45, 2.75) is 64.0 Å². The Bertz CT molecular complexity index is 1260. The topological polar surface area (TPSA) is 103 Å². The number of benzene rings is 1. The molecule has 0 unspecified atom stereocenters. The first-order valence-corrected chi connectivity index (χ1v) is 13.5. The number of carboxylic acid groups (broad SMARTS) is 1. The number of hydrogen-bond donors (Lipinski definition) is 1. The molecule has 2 atom stereocenters. The predicted molar refractivity (Wildman–Crippen MR) is 136 cm³/mol. The van der Waals surface area contributed by atoms with Gasteiger partial charge in [0.05, 0.1) is 36.9 Å². The van der Waals surface area contributed by atoms with E-state index in [4.69, 9.17) is 14.2 Å². The first-order chi connectivity index (χ1) is 18.3. The molecule has 2 aromatic rings. The van der Waals surface area contributed by atoms with E-state index in [9.17, 15) is 27.9 Å². The number of amides is 2. The summed E-state index contributed by atoms with van der Waals surface area (Å²) in [6.45, 7) is 7.15. The molecule has 2 saturated heterocycles. The van der Waals surface area contributed by atoms with Crippen LogP contribution in [0.3, 0.4) is 0 Å². The van der Waals surface area contributed by atoms with Crippen LogP contribution in [-0.2, 0) is 27.6 Å². The van der Waals surface area contributed by atoms with Gasteiger partial charge in [-0.15, -0.1) is 11.3 Å². The molecular weight excluding hydrogens is 539 g/mol. The molecule has 0 saturated carbocycles. The lowest BCUT2D eigenvalue weighted by Crippen LogP contribution is -2.47. The van der Waals surface area contributed by atoms with Crippen molar-refractivity contribution in [1.82, 2.24) is 9.47 Å². The maximum atomic E-state index is 14.0. The number of carbonyl (C=O) groups is 2. The number of rotatable bonds is 6. The van der Waals surface area contributed by atoms with Crippen LogP contribution in [0.25, 0.3) is 0 Å². The van der Waals surface area contributed by atoms with E-state index in [0.717, 1.165) is 34.8 Å². The molecular formula is C26H32F3N3O6S.